The number of para-hydroxylation sites is 1. The molecule has 1 rings (SSSR count). The van der Waals surface area contributed by atoms with Crippen LogP contribution in [0.1, 0.15) is 24.2 Å². The van der Waals surface area contributed by atoms with E-state index in [1.807, 2.05) is 20.9 Å². The summed E-state index contributed by atoms with van der Waals surface area (Å²) in [6.45, 7) is 5.16. The number of anilines is 1. The zero-order valence-electron chi connectivity index (χ0n) is 11.8. The fourth-order valence-electron chi connectivity index (χ4n) is 1.67. The molecule has 0 fully saturated rings. The van der Waals surface area contributed by atoms with Crippen LogP contribution in [0, 0.1) is 10.1 Å². The molecule has 0 aliphatic rings. The second-order valence-corrected chi connectivity index (χ2v) is 4.76. The monoisotopic (exact) mass is 281 g/mol. The lowest BCUT2D eigenvalue weighted by atomic mass is 10.1. The van der Waals surface area contributed by atoms with E-state index in [1.165, 1.54) is 18.2 Å². The maximum Gasteiger partial charge on any atom is 0.338 e. The molecule has 0 atom stereocenters. The van der Waals surface area contributed by atoms with Gasteiger partial charge in [0.2, 0.25) is 0 Å². The van der Waals surface area contributed by atoms with E-state index in [-0.39, 0.29) is 16.9 Å². The van der Waals surface area contributed by atoms with Gasteiger partial charge in [0.25, 0.3) is 5.69 Å². The molecule has 0 aromatic heterocycles. The van der Waals surface area contributed by atoms with Gasteiger partial charge in [-0.05, 0) is 27.0 Å². The predicted molar refractivity (Wildman–Crippen MR) is 76.3 cm³/mol. The lowest BCUT2D eigenvalue weighted by Gasteiger charge is -2.21. The third-order valence-corrected chi connectivity index (χ3v) is 3.12. The Morgan fingerprint density at radius 2 is 2.15 bits per heavy atom. The fraction of sp³-hybridized carbons (Fsp3) is 0.462. The van der Waals surface area contributed by atoms with Gasteiger partial charge < -0.3 is 15.3 Å². The minimum atomic E-state index is -1.19. The van der Waals surface area contributed by atoms with Crippen LogP contribution in [0.25, 0.3) is 0 Å². The molecular weight excluding hydrogens is 262 g/mol. The molecule has 7 heteroatoms. The van der Waals surface area contributed by atoms with Crippen LogP contribution < -0.4 is 5.32 Å². The molecule has 1 aromatic carbocycles. The number of carboxylic acid groups (broad SMARTS) is 1. The van der Waals surface area contributed by atoms with Crippen molar-refractivity contribution in [3.8, 4) is 0 Å². The standard InChI is InChI=1S/C13H19N3O4/c1-9(2)15(3)8-7-14-12-10(13(17)18)5-4-6-11(12)16(19)20/h4-6,9,14H,7-8H2,1-3H3,(H,17,18). The van der Waals surface area contributed by atoms with Crippen molar-refractivity contribution in [3.63, 3.8) is 0 Å². The smallest absolute Gasteiger partial charge is 0.338 e. The molecule has 0 unspecified atom stereocenters. The average molecular weight is 281 g/mol. The first-order valence-corrected chi connectivity index (χ1v) is 6.29. The lowest BCUT2D eigenvalue weighted by Crippen LogP contribution is -2.31. The van der Waals surface area contributed by atoms with Crippen LogP contribution in [0.5, 0.6) is 0 Å². The van der Waals surface area contributed by atoms with Crippen molar-refractivity contribution < 1.29 is 14.8 Å². The van der Waals surface area contributed by atoms with E-state index >= 15 is 0 Å². The first-order chi connectivity index (χ1) is 9.34. The summed E-state index contributed by atoms with van der Waals surface area (Å²) in [5.74, 6) is -1.19. The van der Waals surface area contributed by atoms with Crippen LogP contribution in [0.2, 0.25) is 0 Å². The van der Waals surface area contributed by atoms with Crippen molar-refractivity contribution in [2.24, 2.45) is 0 Å². The van der Waals surface area contributed by atoms with Crippen molar-refractivity contribution in [1.82, 2.24) is 4.90 Å². The number of benzene rings is 1. The summed E-state index contributed by atoms with van der Waals surface area (Å²) >= 11 is 0. The molecule has 0 saturated heterocycles. The number of hydrogen-bond donors (Lipinski definition) is 2. The van der Waals surface area contributed by atoms with Crippen molar-refractivity contribution in [2.45, 2.75) is 19.9 Å². The molecule has 1 aromatic rings. The van der Waals surface area contributed by atoms with E-state index < -0.39 is 10.9 Å². The van der Waals surface area contributed by atoms with Crippen molar-refractivity contribution in [3.05, 3.63) is 33.9 Å². The van der Waals surface area contributed by atoms with Gasteiger partial charge in [-0.2, -0.15) is 0 Å². The van der Waals surface area contributed by atoms with Gasteiger partial charge in [0.05, 0.1) is 10.5 Å². The van der Waals surface area contributed by atoms with Gasteiger partial charge in [-0.15, -0.1) is 0 Å². The number of rotatable bonds is 7. The van der Waals surface area contributed by atoms with E-state index in [0.29, 0.717) is 19.1 Å². The van der Waals surface area contributed by atoms with Crippen LogP contribution in [0.15, 0.2) is 18.2 Å². The maximum absolute atomic E-state index is 11.1. The number of nitrogens with one attached hydrogen (secondary N) is 1. The highest BCUT2D eigenvalue weighted by Crippen LogP contribution is 2.28. The Balaban J connectivity index is 2.91. The summed E-state index contributed by atoms with van der Waals surface area (Å²) in [7, 11) is 1.93. The molecule has 110 valence electrons. The SMILES string of the molecule is CC(C)N(C)CCNc1c(C(=O)O)cccc1[N+](=O)[O-]. The summed E-state index contributed by atoms with van der Waals surface area (Å²) in [4.78, 5) is 23.6. The van der Waals surface area contributed by atoms with Gasteiger partial charge in [0.1, 0.15) is 5.69 Å². The summed E-state index contributed by atoms with van der Waals surface area (Å²) in [6, 6.07) is 4.36. The van der Waals surface area contributed by atoms with Crippen LogP contribution in [0.4, 0.5) is 11.4 Å². The Hall–Kier alpha value is -2.15. The summed E-state index contributed by atoms with van der Waals surface area (Å²) in [5, 5.41) is 22.9. The van der Waals surface area contributed by atoms with E-state index in [1.54, 1.807) is 0 Å². The van der Waals surface area contributed by atoms with Gasteiger partial charge in [0, 0.05) is 25.2 Å². The Labute approximate surface area is 117 Å². The molecule has 0 aliphatic heterocycles. The molecule has 0 heterocycles. The van der Waals surface area contributed by atoms with Gasteiger partial charge in [-0.3, -0.25) is 10.1 Å². The first-order valence-electron chi connectivity index (χ1n) is 6.29. The van der Waals surface area contributed by atoms with Gasteiger partial charge in [0.15, 0.2) is 0 Å². The molecule has 0 radical (unpaired) electrons. The number of likely N-dealkylation sites (N-methyl/N-ethyl adjacent to an activating group) is 1. The van der Waals surface area contributed by atoms with E-state index in [2.05, 4.69) is 10.2 Å². The number of aromatic carboxylic acids is 1. The Kier molecular flexibility index (Phi) is 5.45. The summed E-state index contributed by atoms with van der Waals surface area (Å²) in [5.41, 5.74) is -0.259. The van der Waals surface area contributed by atoms with Crippen molar-refractivity contribution >= 4 is 17.3 Å². The summed E-state index contributed by atoms with van der Waals surface area (Å²) in [6.07, 6.45) is 0. The first kappa shape index (κ1) is 15.9. The third-order valence-electron chi connectivity index (χ3n) is 3.12. The number of hydrogen-bond acceptors (Lipinski definition) is 5. The largest absolute Gasteiger partial charge is 0.478 e. The second-order valence-electron chi connectivity index (χ2n) is 4.76. The minimum Gasteiger partial charge on any atom is -0.478 e. The van der Waals surface area contributed by atoms with Crippen LogP contribution >= 0.6 is 0 Å². The summed E-state index contributed by atoms with van der Waals surface area (Å²) < 4.78 is 0. The van der Waals surface area contributed by atoms with E-state index in [4.69, 9.17) is 5.11 Å². The minimum absolute atomic E-state index is 0.0576. The quantitative estimate of drug-likeness (QED) is 0.586. The van der Waals surface area contributed by atoms with Crippen molar-refractivity contribution in [2.75, 3.05) is 25.5 Å². The molecule has 0 spiro atoms. The van der Waals surface area contributed by atoms with Crippen LogP contribution in [-0.2, 0) is 0 Å². The highest BCUT2D eigenvalue weighted by atomic mass is 16.6. The molecule has 0 saturated carbocycles. The van der Waals surface area contributed by atoms with Gasteiger partial charge >= 0.3 is 5.97 Å². The van der Waals surface area contributed by atoms with Gasteiger partial charge in [-0.25, -0.2) is 4.79 Å². The van der Waals surface area contributed by atoms with Crippen molar-refractivity contribution in [1.29, 1.82) is 0 Å². The highest BCUT2D eigenvalue weighted by molar-refractivity contribution is 5.96. The average Bonchev–Trinajstić information content (AvgIpc) is 2.37. The molecule has 2 N–H and O–H groups in total. The lowest BCUT2D eigenvalue weighted by molar-refractivity contribution is -0.384. The Morgan fingerprint density at radius 3 is 2.65 bits per heavy atom. The molecule has 0 amide bonds. The Morgan fingerprint density at radius 1 is 1.50 bits per heavy atom. The van der Waals surface area contributed by atoms with E-state index in [9.17, 15) is 14.9 Å². The number of nitro benzene ring substituents is 1. The number of carbonyl (C=O) groups is 1. The van der Waals surface area contributed by atoms with E-state index in [0.717, 1.165) is 0 Å². The maximum atomic E-state index is 11.1. The molecule has 7 nitrogen and oxygen atoms in total. The van der Waals surface area contributed by atoms with Gasteiger partial charge in [-0.1, -0.05) is 6.07 Å². The number of carboxylic acids is 1. The highest BCUT2D eigenvalue weighted by Gasteiger charge is 2.20. The molecular formula is C13H19N3O4. The van der Waals surface area contributed by atoms with Crippen LogP contribution in [-0.4, -0.2) is 47.1 Å². The molecule has 0 aliphatic carbocycles. The molecule has 20 heavy (non-hydrogen) atoms. The third kappa shape index (κ3) is 3.92. The fourth-order valence-corrected chi connectivity index (χ4v) is 1.67. The zero-order chi connectivity index (χ0) is 15.3. The second kappa shape index (κ2) is 6.85. The molecule has 0 bridgehead atoms. The number of nitro groups is 1. The number of nitrogens with zero attached hydrogens (tertiary/aromatic N) is 2. The Bertz CT molecular complexity index is 470. The normalized spacial score (nSPS) is 10.8. The topological polar surface area (TPSA) is 95.7 Å². The predicted octanol–water partition coefficient (Wildman–Crippen LogP) is 2.05. The van der Waals surface area contributed by atoms with Crippen LogP contribution in [0.3, 0.4) is 0 Å². The zero-order valence-corrected chi connectivity index (χ0v) is 11.8.